The maximum Gasteiger partial charge on any atom is 0.166 e. The van der Waals surface area contributed by atoms with Crippen molar-refractivity contribution in [3.05, 3.63) is 90.6 Å². The molecule has 0 fully saturated rings. The second kappa shape index (κ2) is 7.83. The van der Waals surface area contributed by atoms with Crippen molar-refractivity contribution in [2.24, 2.45) is 0 Å². The van der Waals surface area contributed by atoms with Gasteiger partial charge in [0.05, 0.1) is 16.8 Å². The van der Waals surface area contributed by atoms with Gasteiger partial charge in [0.2, 0.25) is 0 Å². The van der Waals surface area contributed by atoms with Crippen molar-refractivity contribution < 1.29 is 4.39 Å². The van der Waals surface area contributed by atoms with Crippen molar-refractivity contribution in [3.63, 3.8) is 0 Å². The van der Waals surface area contributed by atoms with E-state index in [1.165, 1.54) is 18.5 Å². The number of hydrogen-bond acceptors (Lipinski definition) is 6. The van der Waals surface area contributed by atoms with Gasteiger partial charge in [0, 0.05) is 23.9 Å². The molecule has 0 radical (unpaired) electrons. The summed E-state index contributed by atoms with van der Waals surface area (Å²) >= 11 is 0. The first-order valence-corrected chi connectivity index (χ1v) is 9.68. The van der Waals surface area contributed by atoms with Crippen LogP contribution in [0.4, 0.5) is 16.0 Å². The highest BCUT2D eigenvalue weighted by molar-refractivity contribution is 5.87. The number of nitrogens with one attached hydrogen (secondary N) is 1. The lowest BCUT2D eigenvalue weighted by Gasteiger charge is -2.08. The lowest BCUT2D eigenvalue weighted by molar-refractivity contribution is 0.628. The molecule has 0 aliphatic rings. The molecule has 0 amide bonds. The van der Waals surface area contributed by atoms with Crippen LogP contribution in [0.5, 0.6) is 0 Å². The molecule has 31 heavy (non-hydrogen) atoms. The van der Waals surface area contributed by atoms with E-state index in [2.05, 4.69) is 20.3 Å². The number of rotatable bonds is 5. The van der Waals surface area contributed by atoms with Crippen molar-refractivity contribution in [2.45, 2.75) is 6.54 Å². The van der Waals surface area contributed by atoms with E-state index in [1.807, 2.05) is 47.3 Å². The average Bonchev–Trinajstić information content (AvgIpc) is 3.23. The Morgan fingerprint density at radius 3 is 2.55 bits per heavy atom. The second-order valence-corrected chi connectivity index (χ2v) is 6.97. The SMILES string of the molecule is Nc1ccc2c(NCc3cn(-c4ccccc4)nc3-c3ccc(F)cc3)ncnc2n1. The summed E-state index contributed by atoms with van der Waals surface area (Å²) in [6.07, 6.45) is 3.41. The smallest absolute Gasteiger partial charge is 0.166 e. The van der Waals surface area contributed by atoms with Crippen LogP contribution in [0.3, 0.4) is 0 Å². The molecule has 152 valence electrons. The normalized spacial score (nSPS) is 11.0. The summed E-state index contributed by atoms with van der Waals surface area (Å²) in [6.45, 7) is 0.454. The minimum absolute atomic E-state index is 0.287. The van der Waals surface area contributed by atoms with Crippen LogP contribution in [0.1, 0.15) is 5.56 Å². The maximum absolute atomic E-state index is 13.5. The fourth-order valence-corrected chi connectivity index (χ4v) is 3.38. The predicted octanol–water partition coefficient (Wildman–Crippen LogP) is 4.21. The zero-order valence-corrected chi connectivity index (χ0v) is 16.4. The van der Waals surface area contributed by atoms with Crippen molar-refractivity contribution >= 4 is 22.7 Å². The van der Waals surface area contributed by atoms with Gasteiger partial charge in [0.25, 0.3) is 0 Å². The number of nitrogens with zero attached hydrogens (tertiary/aromatic N) is 5. The number of pyridine rings is 1. The van der Waals surface area contributed by atoms with Crippen LogP contribution in [-0.2, 0) is 6.54 Å². The second-order valence-electron chi connectivity index (χ2n) is 6.97. The van der Waals surface area contributed by atoms with E-state index in [4.69, 9.17) is 10.8 Å². The molecular weight excluding hydrogens is 393 g/mol. The number of hydrogen-bond donors (Lipinski definition) is 2. The highest BCUT2D eigenvalue weighted by Crippen LogP contribution is 2.26. The van der Waals surface area contributed by atoms with Crippen LogP contribution in [0.15, 0.2) is 79.3 Å². The van der Waals surface area contributed by atoms with E-state index in [1.54, 1.807) is 18.2 Å². The van der Waals surface area contributed by atoms with Gasteiger partial charge in [-0.1, -0.05) is 18.2 Å². The molecule has 2 aromatic carbocycles. The Morgan fingerprint density at radius 2 is 1.74 bits per heavy atom. The zero-order chi connectivity index (χ0) is 21.2. The van der Waals surface area contributed by atoms with Crippen LogP contribution in [0.25, 0.3) is 28.0 Å². The first kappa shape index (κ1) is 18.7. The summed E-state index contributed by atoms with van der Waals surface area (Å²) in [6, 6.07) is 19.7. The predicted molar refractivity (Wildman–Crippen MR) is 118 cm³/mol. The molecule has 3 heterocycles. The number of nitrogen functional groups attached to an aromatic ring is 1. The first-order chi connectivity index (χ1) is 15.2. The maximum atomic E-state index is 13.5. The number of anilines is 2. The summed E-state index contributed by atoms with van der Waals surface area (Å²) in [5.41, 5.74) is 9.75. The highest BCUT2D eigenvalue weighted by atomic mass is 19.1. The lowest BCUT2D eigenvalue weighted by atomic mass is 10.1. The summed E-state index contributed by atoms with van der Waals surface area (Å²) < 4.78 is 15.3. The molecule has 5 rings (SSSR count). The Kier molecular flexibility index (Phi) is 4.72. The topological polar surface area (TPSA) is 94.5 Å². The van der Waals surface area contributed by atoms with Crippen LogP contribution in [0.2, 0.25) is 0 Å². The summed E-state index contributed by atoms with van der Waals surface area (Å²) in [4.78, 5) is 12.8. The standard InChI is InChI=1S/C23H18FN7/c24-17-8-6-15(7-9-17)21-16(13-31(30-21)18-4-2-1-3-5-18)12-26-22-19-10-11-20(25)29-23(19)28-14-27-22/h1-11,13-14H,12H2,(H3,25,26,27,28,29). The van der Waals surface area contributed by atoms with Gasteiger partial charge < -0.3 is 11.1 Å². The number of fused-ring (bicyclic) bond motifs is 1. The molecule has 3 aromatic heterocycles. The van der Waals surface area contributed by atoms with Crippen LogP contribution < -0.4 is 11.1 Å². The molecule has 0 atom stereocenters. The number of halogens is 1. The van der Waals surface area contributed by atoms with E-state index in [-0.39, 0.29) is 5.82 Å². The third-order valence-electron chi connectivity index (χ3n) is 4.89. The molecule has 0 spiro atoms. The Hall–Kier alpha value is -4.33. The van der Waals surface area contributed by atoms with E-state index < -0.39 is 0 Å². The number of benzene rings is 2. The molecule has 0 saturated heterocycles. The highest BCUT2D eigenvalue weighted by Gasteiger charge is 2.14. The monoisotopic (exact) mass is 411 g/mol. The fourth-order valence-electron chi connectivity index (χ4n) is 3.38. The average molecular weight is 411 g/mol. The van der Waals surface area contributed by atoms with Crippen molar-refractivity contribution in [3.8, 4) is 16.9 Å². The van der Waals surface area contributed by atoms with Gasteiger partial charge >= 0.3 is 0 Å². The number of aromatic nitrogens is 5. The van der Waals surface area contributed by atoms with Gasteiger partial charge in [-0.2, -0.15) is 5.10 Å². The van der Waals surface area contributed by atoms with Crippen molar-refractivity contribution in [1.82, 2.24) is 24.7 Å². The van der Waals surface area contributed by atoms with Gasteiger partial charge in [-0.15, -0.1) is 0 Å². The van der Waals surface area contributed by atoms with E-state index >= 15 is 0 Å². The molecule has 0 unspecified atom stereocenters. The summed E-state index contributed by atoms with van der Waals surface area (Å²) in [5, 5.41) is 8.88. The Labute approximate surface area is 177 Å². The molecule has 5 aromatic rings. The molecule has 7 nitrogen and oxygen atoms in total. The minimum atomic E-state index is -0.287. The summed E-state index contributed by atoms with van der Waals surface area (Å²) in [7, 11) is 0. The van der Waals surface area contributed by atoms with E-state index in [0.717, 1.165) is 27.9 Å². The van der Waals surface area contributed by atoms with Gasteiger partial charge in [-0.25, -0.2) is 24.0 Å². The lowest BCUT2D eigenvalue weighted by Crippen LogP contribution is -2.04. The Balaban J connectivity index is 1.52. The quantitative estimate of drug-likeness (QED) is 0.450. The van der Waals surface area contributed by atoms with Gasteiger partial charge in [-0.3, -0.25) is 0 Å². The third kappa shape index (κ3) is 3.78. The number of nitrogens with two attached hydrogens (primary N) is 1. The molecule has 0 aliphatic carbocycles. The van der Waals surface area contributed by atoms with Crippen molar-refractivity contribution in [2.75, 3.05) is 11.1 Å². The fraction of sp³-hybridized carbons (Fsp3) is 0.0435. The van der Waals surface area contributed by atoms with Gasteiger partial charge in [0.15, 0.2) is 5.65 Å². The third-order valence-corrected chi connectivity index (χ3v) is 4.89. The molecule has 0 aliphatic heterocycles. The molecule has 0 saturated carbocycles. The van der Waals surface area contributed by atoms with Crippen LogP contribution in [0, 0.1) is 5.82 Å². The first-order valence-electron chi connectivity index (χ1n) is 9.68. The van der Waals surface area contributed by atoms with Gasteiger partial charge in [0.1, 0.15) is 23.8 Å². The number of para-hydroxylation sites is 1. The van der Waals surface area contributed by atoms with Crippen LogP contribution >= 0.6 is 0 Å². The van der Waals surface area contributed by atoms with Crippen molar-refractivity contribution in [1.29, 1.82) is 0 Å². The minimum Gasteiger partial charge on any atom is -0.384 e. The van der Waals surface area contributed by atoms with Crippen LogP contribution in [-0.4, -0.2) is 24.7 Å². The van der Waals surface area contributed by atoms with Gasteiger partial charge in [-0.05, 0) is 48.5 Å². The molecule has 3 N–H and O–H groups in total. The molecule has 0 bridgehead atoms. The van der Waals surface area contributed by atoms with E-state index in [0.29, 0.717) is 23.8 Å². The van der Waals surface area contributed by atoms with E-state index in [9.17, 15) is 4.39 Å². The Morgan fingerprint density at radius 1 is 0.935 bits per heavy atom. The molecule has 8 heteroatoms. The summed E-state index contributed by atoms with van der Waals surface area (Å²) in [5.74, 6) is 0.764. The largest absolute Gasteiger partial charge is 0.384 e. The molecular formula is C23H18FN7. The Bertz CT molecular complexity index is 1350. The zero-order valence-electron chi connectivity index (χ0n) is 16.4.